The Morgan fingerprint density at radius 1 is 1.41 bits per heavy atom. The van der Waals surface area contributed by atoms with E-state index in [2.05, 4.69) is 5.16 Å². The molecule has 0 bridgehead atoms. The van der Waals surface area contributed by atoms with Crippen molar-refractivity contribution in [3.63, 3.8) is 0 Å². The van der Waals surface area contributed by atoms with Crippen molar-refractivity contribution in [2.75, 3.05) is 18.6 Å². The number of ether oxygens (including phenoxy) is 1. The molecule has 0 spiro atoms. The van der Waals surface area contributed by atoms with Crippen molar-refractivity contribution in [3.8, 4) is 17.0 Å². The molecule has 1 atom stereocenters. The molecule has 0 aliphatic carbocycles. The highest BCUT2D eigenvalue weighted by Gasteiger charge is 2.35. The number of aromatic nitrogens is 1. The third-order valence-electron chi connectivity index (χ3n) is 3.68. The first-order chi connectivity index (χ1) is 10.6. The van der Waals surface area contributed by atoms with E-state index in [0.717, 1.165) is 11.3 Å². The van der Waals surface area contributed by atoms with Gasteiger partial charge in [-0.3, -0.25) is 14.5 Å². The Kier molecular flexibility index (Phi) is 3.54. The van der Waals surface area contributed by atoms with Crippen LogP contribution >= 0.6 is 0 Å². The van der Waals surface area contributed by atoms with Crippen molar-refractivity contribution in [2.24, 2.45) is 11.7 Å². The monoisotopic (exact) mass is 301 g/mol. The summed E-state index contributed by atoms with van der Waals surface area (Å²) in [4.78, 5) is 24.5. The van der Waals surface area contributed by atoms with Crippen LogP contribution in [0.4, 0.5) is 5.88 Å². The summed E-state index contributed by atoms with van der Waals surface area (Å²) in [7, 11) is 1.59. The van der Waals surface area contributed by atoms with Gasteiger partial charge in [-0.05, 0) is 24.3 Å². The Morgan fingerprint density at radius 2 is 2.14 bits per heavy atom. The fourth-order valence-electron chi connectivity index (χ4n) is 2.40. The second-order valence-electron chi connectivity index (χ2n) is 5.09. The summed E-state index contributed by atoms with van der Waals surface area (Å²) in [5.41, 5.74) is 6.69. The van der Waals surface area contributed by atoms with E-state index in [-0.39, 0.29) is 18.9 Å². The fourth-order valence-corrected chi connectivity index (χ4v) is 2.40. The van der Waals surface area contributed by atoms with Gasteiger partial charge in [0.15, 0.2) is 0 Å². The van der Waals surface area contributed by atoms with Crippen molar-refractivity contribution in [1.29, 1.82) is 0 Å². The number of carbonyl (C=O) groups is 2. The van der Waals surface area contributed by atoms with E-state index in [4.69, 9.17) is 15.0 Å². The first-order valence-corrected chi connectivity index (χ1v) is 6.79. The zero-order chi connectivity index (χ0) is 15.7. The van der Waals surface area contributed by atoms with Crippen LogP contribution in [0.5, 0.6) is 5.75 Å². The van der Waals surface area contributed by atoms with E-state index in [1.807, 2.05) is 24.3 Å². The molecule has 2 heterocycles. The number of benzene rings is 1. The van der Waals surface area contributed by atoms with Crippen LogP contribution in [0.3, 0.4) is 0 Å². The predicted molar refractivity (Wildman–Crippen MR) is 78.1 cm³/mol. The van der Waals surface area contributed by atoms with Gasteiger partial charge in [0, 0.05) is 24.6 Å². The van der Waals surface area contributed by atoms with Crippen molar-refractivity contribution < 1.29 is 18.8 Å². The van der Waals surface area contributed by atoms with E-state index in [9.17, 15) is 9.59 Å². The molecule has 1 aromatic carbocycles. The topological polar surface area (TPSA) is 98.7 Å². The number of nitrogens with two attached hydrogens (primary N) is 1. The van der Waals surface area contributed by atoms with Crippen LogP contribution in [0, 0.1) is 5.92 Å². The lowest BCUT2D eigenvalue weighted by molar-refractivity contribution is -0.123. The van der Waals surface area contributed by atoms with Crippen molar-refractivity contribution in [1.82, 2.24) is 5.16 Å². The van der Waals surface area contributed by atoms with Crippen molar-refractivity contribution in [3.05, 3.63) is 30.3 Å². The normalized spacial score (nSPS) is 17.8. The number of anilines is 1. The van der Waals surface area contributed by atoms with Crippen LogP contribution < -0.4 is 15.4 Å². The van der Waals surface area contributed by atoms with E-state index in [1.54, 1.807) is 13.2 Å². The third kappa shape index (κ3) is 2.52. The SMILES string of the molecule is COc1ccc(-c2cc(N3CC(C(N)=O)CC3=O)on2)cc1. The molecular weight excluding hydrogens is 286 g/mol. The number of hydrogen-bond acceptors (Lipinski definition) is 5. The second-order valence-corrected chi connectivity index (χ2v) is 5.09. The second kappa shape index (κ2) is 5.51. The number of methoxy groups -OCH3 is 1. The van der Waals surface area contributed by atoms with Crippen molar-refractivity contribution in [2.45, 2.75) is 6.42 Å². The lowest BCUT2D eigenvalue weighted by Gasteiger charge is -2.10. The molecule has 0 saturated carbocycles. The van der Waals surface area contributed by atoms with Crippen LogP contribution in [0.15, 0.2) is 34.9 Å². The number of amides is 2. The van der Waals surface area contributed by atoms with Gasteiger partial charge >= 0.3 is 0 Å². The highest BCUT2D eigenvalue weighted by atomic mass is 16.5. The first kappa shape index (κ1) is 14.1. The Labute approximate surface area is 126 Å². The molecule has 114 valence electrons. The van der Waals surface area contributed by atoms with Gasteiger partial charge in [-0.1, -0.05) is 5.16 Å². The number of carbonyl (C=O) groups excluding carboxylic acids is 2. The largest absolute Gasteiger partial charge is 0.497 e. The van der Waals surface area contributed by atoms with E-state index in [1.165, 1.54) is 4.90 Å². The Hall–Kier alpha value is -2.83. The molecule has 22 heavy (non-hydrogen) atoms. The maximum Gasteiger partial charge on any atom is 0.234 e. The summed E-state index contributed by atoms with van der Waals surface area (Å²) in [6.45, 7) is 0.228. The van der Waals surface area contributed by atoms with Gasteiger partial charge in [0.1, 0.15) is 11.4 Å². The van der Waals surface area contributed by atoms with Crippen LogP contribution in [-0.4, -0.2) is 30.6 Å². The Bertz CT molecular complexity index is 708. The molecule has 2 aromatic rings. The van der Waals surface area contributed by atoms with Gasteiger partial charge in [0.2, 0.25) is 17.7 Å². The minimum Gasteiger partial charge on any atom is -0.497 e. The van der Waals surface area contributed by atoms with Crippen LogP contribution in [-0.2, 0) is 9.59 Å². The number of nitrogens with zero attached hydrogens (tertiary/aromatic N) is 2. The highest BCUT2D eigenvalue weighted by Crippen LogP contribution is 2.29. The summed E-state index contributed by atoms with van der Waals surface area (Å²) in [5, 5.41) is 3.96. The molecule has 3 rings (SSSR count). The summed E-state index contributed by atoms with van der Waals surface area (Å²) >= 11 is 0. The molecule has 7 heteroatoms. The van der Waals surface area contributed by atoms with Crippen LogP contribution in [0.1, 0.15) is 6.42 Å². The molecule has 1 fully saturated rings. The minimum absolute atomic E-state index is 0.105. The first-order valence-electron chi connectivity index (χ1n) is 6.79. The Morgan fingerprint density at radius 3 is 2.73 bits per heavy atom. The van der Waals surface area contributed by atoms with Gasteiger partial charge < -0.3 is 15.0 Å². The van der Waals surface area contributed by atoms with E-state index < -0.39 is 11.8 Å². The molecule has 1 aliphatic rings. The summed E-state index contributed by atoms with van der Waals surface area (Å²) in [6.07, 6.45) is 0.105. The lowest BCUT2D eigenvalue weighted by atomic mass is 10.1. The van der Waals surface area contributed by atoms with E-state index in [0.29, 0.717) is 11.6 Å². The number of primary amides is 1. The molecule has 1 aliphatic heterocycles. The molecule has 1 unspecified atom stereocenters. The average molecular weight is 301 g/mol. The van der Waals surface area contributed by atoms with Crippen LogP contribution in [0.2, 0.25) is 0 Å². The zero-order valence-corrected chi connectivity index (χ0v) is 12.0. The molecular formula is C15H15N3O4. The fraction of sp³-hybridized carbons (Fsp3) is 0.267. The Balaban J connectivity index is 1.81. The summed E-state index contributed by atoms with van der Waals surface area (Å²) < 4.78 is 10.3. The molecule has 1 aromatic heterocycles. The lowest BCUT2D eigenvalue weighted by Crippen LogP contribution is -2.28. The highest BCUT2D eigenvalue weighted by molar-refractivity contribution is 5.99. The van der Waals surface area contributed by atoms with Crippen molar-refractivity contribution >= 4 is 17.7 Å². The molecule has 2 amide bonds. The summed E-state index contributed by atoms with van der Waals surface area (Å²) in [6, 6.07) is 8.99. The van der Waals surface area contributed by atoms with Gasteiger partial charge in [-0.2, -0.15) is 0 Å². The average Bonchev–Trinajstić information content (AvgIpc) is 3.14. The smallest absolute Gasteiger partial charge is 0.234 e. The molecule has 1 saturated heterocycles. The molecule has 7 nitrogen and oxygen atoms in total. The standard InChI is InChI=1S/C15H15N3O4/c1-21-11-4-2-9(3-5-11)12-7-14(22-17-12)18-8-10(15(16)20)6-13(18)19/h2-5,7,10H,6,8H2,1H3,(H2,16,20). The molecule has 2 N–H and O–H groups in total. The van der Waals surface area contributed by atoms with Gasteiger partial charge in [-0.15, -0.1) is 0 Å². The quantitative estimate of drug-likeness (QED) is 0.914. The number of rotatable bonds is 4. The van der Waals surface area contributed by atoms with Gasteiger partial charge in [0.25, 0.3) is 0 Å². The van der Waals surface area contributed by atoms with Gasteiger partial charge in [0.05, 0.1) is 13.0 Å². The maximum atomic E-state index is 11.9. The van der Waals surface area contributed by atoms with Crippen LogP contribution in [0.25, 0.3) is 11.3 Å². The van der Waals surface area contributed by atoms with E-state index >= 15 is 0 Å². The zero-order valence-electron chi connectivity index (χ0n) is 12.0. The minimum atomic E-state index is -0.484. The third-order valence-corrected chi connectivity index (χ3v) is 3.68. The molecule has 0 radical (unpaired) electrons. The summed E-state index contributed by atoms with van der Waals surface area (Å²) in [5.74, 6) is -0.0972. The number of hydrogen-bond donors (Lipinski definition) is 1. The van der Waals surface area contributed by atoms with Gasteiger partial charge in [-0.25, -0.2) is 0 Å². The maximum absolute atomic E-state index is 11.9. The predicted octanol–water partition coefficient (Wildman–Crippen LogP) is 1.19.